The van der Waals surface area contributed by atoms with Gasteiger partial charge in [0.25, 0.3) is 0 Å². The number of methoxy groups -OCH3 is 1. The van der Waals surface area contributed by atoms with Crippen LogP contribution < -0.4 is 4.74 Å². The lowest BCUT2D eigenvalue weighted by Gasteiger charge is -2.23. The molecular formula is C12H16O4. The number of hydrogen-bond acceptors (Lipinski definition) is 3. The first-order valence-electron chi connectivity index (χ1n) is 4.95. The fourth-order valence-corrected chi connectivity index (χ4v) is 1.52. The fourth-order valence-electron chi connectivity index (χ4n) is 1.52. The van der Waals surface area contributed by atoms with Crippen LogP contribution in [0.1, 0.15) is 25.0 Å². The number of hydrogen-bond donors (Lipinski definition) is 2. The number of benzene rings is 1. The molecule has 1 rings (SSSR count). The fraction of sp³-hybridized carbons (Fsp3) is 0.417. The minimum Gasteiger partial charge on any atom is -0.497 e. The summed E-state index contributed by atoms with van der Waals surface area (Å²) >= 11 is 0. The molecule has 0 aliphatic carbocycles. The maximum Gasteiger partial charge on any atom is 0.313 e. The van der Waals surface area contributed by atoms with E-state index in [2.05, 4.69) is 0 Å². The Balaban J connectivity index is 3.34. The van der Waals surface area contributed by atoms with Crippen molar-refractivity contribution in [2.75, 3.05) is 7.11 Å². The molecule has 0 aromatic heterocycles. The van der Waals surface area contributed by atoms with Crippen LogP contribution in [-0.2, 0) is 16.8 Å². The van der Waals surface area contributed by atoms with Crippen molar-refractivity contribution in [2.24, 2.45) is 0 Å². The number of ether oxygens (including phenoxy) is 1. The molecule has 88 valence electrons. The summed E-state index contributed by atoms with van der Waals surface area (Å²) in [7, 11) is 1.52. The molecule has 0 saturated heterocycles. The van der Waals surface area contributed by atoms with Gasteiger partial charge in [-0.05, 0) is 37.1 Å². The quantitative estimate of drug-likeness (QED) is 0.814. The van der Waals surface area contributed by atoms with E-state index >= 15 is 0 Å². The van der Waals surface area contributed by atoms with E-state index in [-0.39, 0.29) is 6.61 Å². The van der Waals surface area contributed by atoms with E-state index in [0.29, 0.717) is 16.9 Å². The second-order valence-corrected chi connectivity index (χ2v) is 4.11. The van der Waals surface area contributed by atoms with Crippen LogP contribution in [-0.4, -0.2) is 23.3 Å². The van der Waals surface area contributed by atoms with Crippen LogP contribution in [0.15, 0.2) is 18.2 Å². The van der Waals surface area contributed by atoms with Crippen molar-refractivity contribution >= 4 is 5.97 Å². The van der Waals surface area contributed by atoms with Gasteiger partial charge in [-0.2, -0.15) is 0 Å². The summed E-state index contributed by atoms with van der Waals surface area (Å²) in [4.78, 5) is 11.2. The molecule has 0 bridgehead atoms. The number of aliphatic carboxylic acids is 1. The van der Waals surface area contributed by atoms with Crippen LogP contribution in [0.3, 0.4) is 0 Å². The Morgan fingerprint density at radius 1 is 1.44 bits per heavy atom. The number of carbonyl (C=O) groups is 1. The van der Waals surface area contributed by atoms with Gasteiger partial charge in [-0.25, -0.2) is 0 Å². The van der Waals surface area contributed by atoms with Crippen molar-refractivity contribution in [2.45, 2.75) is 25.9 Å². The molecule has 0 saturated carbocycles. The molecule has 0 aliphatic rings. The molecule has 0 spiro atoms. The van der Waals surface area contributed by atoms with Crippen LogP contribution in [0.2, 0.25) is 0 Å². The zero-order chi connectivity index (χ0) is 12.3. The van der Waals surface area contributed by atoms with Gasteiger partial charge in [0.15, 0.2) is 0 Å². The molecule has 0 radical (unpaired) electrons. The Labute approximate surface area is 94.5 Å². The summed E-state index contributed by atoms with van der Waals surface area (Å²) in [6, 6.07) is 5.03. The molecule has 0 atom stereocenters. The van der Waals surface area contributed by atoms with Crippen molar-refractivity contribution in [3.05, 3.63) is 29.3 Å². The van der Waals surface area contributed by atoms with Crippen molar-refractivity contribution < 1.29 is 19.7 Å². The number of carboxylic acid groups (broad SMARTS) is 1. The van der Waals surface area contributed by atoms with Gasteiger partial charge in [-0.3, -0.25) is 4.79 Å². The van der Waals surface area contributed by atoms with E-state index in [4.69, 9.17) is 9.84 Å². The Hall–Kier alpha value is -1.55. The Kier molecular flexibility index (Phi) is 3.55. The third-order valence-corrected chi connectivity index (χ3v) is 2.70. The van der Waals surface area contributed by atoms with E-state index in [9.17, 15) is 9.90 Å². The topological polar surface area (TPSA) is 66.8 Å². The number of rotatable bonds is 4. The average molecular weight is 224 g/mol. The molecule has 0 fully saturated rings. The van der Waals surface area contributed by atoms with Crippen molar-refractivity contribution in [3.63, 3.8) is 0 Å². The van der Waals surface area contributed by atoms with Crippen molar-refractivity contribution in [1.82, 2.24) is 0 Å². The lowest BCUT2D eigenvalue weighted by Crippen LogP contribution is -2.29. The maximum atomic E-state index is 11.2. The summed E-state index contributed by atoms with van der Waals surface area (Å²) < 4.78 is 5.05. The summed E-state index contributed by atoms with van der Waals surface area (Å²) in [6.07, 6.45) is 0. The van der Waals surface area contributed by atoms with Crippen molar-refractivity contribution in [1.29, 1.82) is 0 Å². The highest BCUT2D eigenvalue weighted by molar-refractivity contribution is 5.81. The summed E-state index contributed by atoms with van der Waals surface area (Å²) in [5.41, 5.74) is 0.127. The van der Waals surface area contributed by atoms with Crippen LogP contribution >= 0.6 is 0 Å². The number of aliphatic hydroxyl groups is 1. The van der Waals surface area contributed by atoms with Gasteiger partial charge in [0.2, 0.25) is 0 Å². The van der Waals surface area contributed by atoms with Crippen LogP contribution in [0.5, 0.6) is 5.75 Å². The highest BCUT2D eigenvalue weighted by Crippen LogP contribution is 2.30. The van der Waals surface area contributed by atoms with Gasteiger partial charge in [0.05, 0.1) is 19.1 Å². The lowest BCUT2D eigenvalue weighted by molar-refractivity contribution is -0.142. The summed E-state index contributed by atoms with van der Waals surface area (Å²) in [6.45, 7) is 3.02. The minimum atomic E-state index is -1.05. The second-order valence-electron chi connectivity index (χ2n) is 4.11. The molecule has 4 heteroatoms. The maximum absolute atomic E-state index is 11.2. The van der Waals surface area contributed by atoms with Gasteiger partial charge in [-0.15, -0.1) is 0 Å². The monoisotopic (exact) mass is 224 g/mol. The van der Waals surface area contributed by atoms with Crippen molar-refractivity contribution in [3.8, 4) is 5.75 Å². The highest BCUT2D eigenvalue weighted by Gasteiger charge is 2.31. The average Bonchev–Trinajstić information content (AvgIpc) is 2.27. The zero-order valence-corrected chi connectivity index (χ0v) is 9.65. The molecule has 0 unspecified atom stereocenters. The first-order chi connectivity index (χ1) is 7.43. The molecule has 2 N–H and O–H groups in total. The molecule has 0 aliphatic heterocycles. The SMILES string of the molecule is COc1ccc(CO)c(C(C)(C)C(=O)O)c1. The molecule has 16 heavy (non-hydrogen) atoms. The van der Waals surface area contributed by atoms with Gasteiger partial charge in [0, 0.05) is 0 Å². The third-order valence-electron chi connectivity index (χ3n) is 2.70. The standard InChI is InChI=1S/C12H16O4/c1-12(2,11(14)15)10-6-9(16-3)5-4-8(10)7-13/h4-6,13H,7H2,1-3H3,(H,14,15). The van der Waals surface area contributed by atoms with Crippen LogP contribution in [0.25, 0.3) is 0 Å². The predicted molar refractivity (Wildman–Crippen MR) is 59.6 cm³/mol. The second kappa shape index (κ2) is 4.53. The van der Waals surface area contributed by atoms with E-state index in [1.165, 1.54) is 7.11 Å². The normalized spacial score (nSPS) is 11.2. The third kappa shape index (κ3) is 2.17. The van der Waals surface area contributed by atoms with Gasteiger partial charge >= 0.3 is 5.97 Å². The molecule has 4 nitrogen and oxygen atoms in total. The Morgan fingerprint density at radius 2 is 2.06 bits per heavy atom. The largest absolute Gasteiger partial charge is 0.497 e. The van der Waals surface area contributed by atoms with Gasteiger partial charge in [0.1, 0.15) is 5.75 Å². The summed E-state index contributed by atoms with van der Waals surface area (Å²) in [5, 5.41) is 18.3. The predicted octanol–water partition coefficient (Wildman–Crippen LogP) is 1.55. The molecule has 0 amide bonds. The van der Waals surface area contributed by atoms with Crippen LogP contribution in [0, 0.1) is 0 Å². The highest BCUT2D eigenvalue weighted by atomic mass is 16.5. The first kappa shape index (κ1) is 12.5. The summed E-state index contributed by atoms with van der Waals surface area (Å²) in [5.74, 6) is -0.350. The lowest BCUT2D eigenvalue weighted by atomic mass is 9.82. The Morgan fingerprint density at radius 3 is 2.50 bits per heavy atom. The first-order valence-corrected chi connectivity index (χ1v) is 4.95. The van der Waals surface area contributed by atoms with Crippen LogP contribution in [0.4, 0.5) is 0 Å². The smallest absolute Gasteiger partial charge is 0.313 e. The van der Waals surface area contributed by atoms with E-state index in [1.54, 1.807) is 32.0 Å². The minimum absolute atomic E-state index is 0.184. The Bertz CT molecular complexity index is 396. The molecule has 0 heterocycles. The van der Waals surface area contributed by atoms with Gasteiger partial charge < -0.3 is 14.9 Å². The number of carboxylic acids is 1. The molecule has 1 aromatic rings. The van der Waals surface area contributed by atoms with E-state index < -0.39 is 11.4 Å². The molecular weight excluding hydrogens is 208 g/mol. The van der Waals surface area contributed by atoms with E-state index in [0.717, 1.165) is 0 Å². The van der Waals surface area contributed by atoms with E-state index in [1.807, 2.05) is 0 Å². The van der Waals surface area contributed by atoms with Gasteiger partial charge in [-0.1, -0.05) is 6.07 Å². The molecule has 1 aromatic carbocycles. The zero-order valence-electron chi connectivity index (χ0n) is 9.65. The number of aliphatic hydroxyl groups excluding tert-OH is 1.